The topological polar surface area (TPSA) is 86.5 Å². The van der Waals surface area contributed by atoms with Gasteiger partial charge < -0.3 is 4.74 Å². The van der Waals surface area contributed by atoms with Crippen molar-refractivity contribution >= 4 is 10.0 Å². The van der Waals surface area contributed by atoms with Crippen LogP contribution in [0.3, 0.4) is 0 Å². The number of likely N-dealkylation sites (N-methyl/N-ethyl adjacent to an activating group) is 2. The van der Waals surface area contributed by atoms with E-state index in [1.807, 2.05) is 13.1 Å². The average molecular weight is 324 g/mol. The summed E-state index contributed by atoms with van der Waals surface area (Å²) in [4.78, 5) is 5.86. The molecule has 0 unspecified atom stereocenters. The standard InChI is InChI=1S/C14H20N4O3S/c1-17-10-12(21-3)7-11(17)9-18(2)22(19,20)14-5-4-6-16-13(14)8-15/h4-6,11-12H,7,9-10H2,1-3H3/t11-,12-/m0/s1. The minimum atomic E-state index is -3.74. The fraction of sp³-hybridized carbons (Fsp3) is 0.571. The molecule has 0 aliphatic carbocycles. The third kappa shape index (κ3) is 3.28. The lowest BCUT2D eigenvalue weighted by molar-refractivity contribution is 0.111. The van der Waals surface area contributed by atoms with E-state index in [1.165, 1.54) is 29.7 Å². The van der Waals surface area contributed by atoms with E-state index in [-0.39, 0.29) is 22.7 Å². The van der Waals surface area contributed by atoms with Crippen LogP contribution in [0.2, 0.25) is 0 Å². The molecule has 0 aromatic carbocycles. The van der Waals surface area contributed by atoms with Gasteiger partial charge in [-0.3, -0.25) is 4.90 Å². The smallest absolute Gasteiger partial charge is 0.245 e. The summed E-state index contributed by atoms with van der Waals surface area (Å²) in [6, 6.07) is 4.85. The molecule has 0 saturated carbocycles. The van der Waals surface area contributed by atoms with Gasteiger partial charge in [0.1, 0.15) is 11.0 Å². The average Bonchev–Trinajstić information content (AvgIpc) is 2.87. The molecule has 1 aliphatic rings. The van der Waals surface area contributed by atoms with Gasteiger partial charge in [0.05, 0.1) is 6.10 Å². The Kier molecular flexibility index (Phi) is 5.13. The number of ether oxygens (including phenoxy) is 1. The molecule has 2 rings (SSSR count). The van der Waals surface area contributed by atoms with Crippen LogP contribution >= 0.6 is 0 Å². The predicted molar refractivity (Wildman–Crippen MR) is 80.6 cm³/mol. The van der Waals surface area contributed by atoms with Gasteiger partial charge in [0.25, 0.3) is 0 Å². The first-order valence-corrected chi connectivity index (χ1v) is 8.38. The van der Waals surface area contributed by atoms with Gasteiger partial charge in [-0.2, -0.15) is 9.57 Å². The van der Waals surface area contributed by atoms with Crippen LogP contribution in [0.1, 0.15) is 12.1 Å². The number of methoxy groups -OCH3 is 1. The van der Waals surface area contributed by atoms with Crippen LogP contribution in [0.25, 0.3) is 0 Å². The summed E-state index contributed by atoms with van der Waals surface area (Å²) in [5, 5.41) is 9.04. The predicted octanol–water partition coefficient (Wildman–Crippen LogP) is 0.293. The van der Waals surface area contributed by atoms with E-state index >= 15 is 0 Å². The van der Waals surface area contributed by atoms with Crippen molar-refractivity contribution in [3.63, 3.8) is 0 Å². The lowest BCUT2D eigenvalue weighted by atomic mass is 10.2. The highest BCUT2D eigenvalue weighted by atomic mass is 32.2. The molecule has 1 saturated heterocycles. The molecule has 2 atom stereocenters. The van der Waals surface area contributed by atoms with Crippen molar-refractivity contribution in [2.24, 2.45) is 0 Å². The number of nitrogens with zero attached hydrogens (tertiary/aromatic N) is 4. The van der Waals surface area contributed by atoms with Crippen molar-refractivity contribution in [2.75, 3.05) is 34.3 Å². The Labute approximate surface area is 131 Å². The Hall–Kier alpha value is -1.53. The zero-order valence-corrected chi connectivity index (χ0v) is 13.7. The highest BCUT2D eigenvalue weighted by Gasteiger charge is 2.33. The molecule has 1 aliphatic heterocycles. The third-order valence-electron chi connectivity index (χ3n) is 4.02. The molecule has 0 bridgehead atoms. The normalized spacial score (nSPS) is 22.9. The summed E-state index contributed by atoms with van der Waals surface area (Å²) >= 11 is 0. The molecule has 0 amide bonds. The minimum absolute atomic E-state index is 0.0519. The van der Waals surface area contributed by atoms with Crippen LogP contribution in [-0.2, 0) is 14.8 Å². The molecule has 1 aromatic rings. The Morgan fingerprint density at radius 2 is 2.32 bits per heavy atom. The molecule has 120 valence electrons. The highest BCUT2D eigenvalue weighted by Crippen LogP contribution is 2.22. The van der Waals surface area contributed by atoms with Gasteiger partial charge >= 0.3 is 0 Å². The maximum atomic E-state index is 12.6. The second-order valence-corrected chi connectivity index (χ2v) is 7.45. The van der Waals surface area contributed by atoms with Gasteiger partial charge in [-0.15, -0.1) is 0 Å². The van der Waals surface area contributed by atoms with Gasteiger partial charge in [0.2, 0.25) is 10.0 Å². The van der Waals surface area contributed by atoms with Crippen molar-refractivity contribution in [3.05, 3.63) is 24.0 Å². The summed E-state index contributed by atoms with van der Waals surface area (Å²) in [6.45, 7) is 1.13. The molecule has 0 spiro atoms. The zero-order valence-electron chi connectivity index (χ0n) is 12.9. The first-order valence-electron chi connectivity index (χ1n) is 6.94. The Morgan fingerprint density at radius 3 is 2.91 bits per heavy atom. The monoisotopic (exact) mass is 324 g/mol. The molecule has 0 N–H and O–H groups in total. The van der Waals surface area contributed by atoms with Crippen LogP contribution in [0.4, 0.5) is 0 Å². The van der Waals surface area contributed by atoms with Crippen LogP contribution in [-0.4, -0.2) is 69.0 Å². The van der Waals surface area contributed by atoms with Gasteiger partial charge in [-0.05, 0) is 25.6 Å². The molecular formula is C14H20N4O3S. The van der Waals surface area contributed by atoms with Crippen LogP contribution in [0.5, 0.6) is 0 Å². The Morgan fingerprint density at radius 1 is 1.59 bits per heavy atom. The number of hydrogen-bond donors (Lipinski definition) is 0. The van der Waals surface area contributed by atoms with E-state index in [0.29, 0.717) is 6.54 Å². The number of sulfonamides is 1. The van der Waals surface area contributed by atoms with E-state index in [0.717, 1.165) is 13.0 Å². The minimum Gasteiger partial charge on any atom is -0.380 e. The van der Waals surface area contributed by atoms with E-state index in [4.69, 9.17) is 10.00 Å². The lowest BCUT2D eigenvalue weighted by Crippen LogP contribution is -2.39. The SMILES string of the molecule is CO[C@H]1C[C@@H](CN(C)S(=O)(=O)c2cccnc2C#N)N(C)C1. The van der Waals surface area contributed by atoms with Gasteiger partial charge in [-0.1, -0.05) is 0 Å². The van der Waals surface area contributed by atoms with Gasteiger partial charge in [-0.25, -0.2) is 13.4 Å². The molecule has 7 nitrogen and oxygen atoms in total. The molecule has 1 aromatic heterocycles. The first kappa shape index (κ1) is 16.8. The number of aromatic nitrogens is 1. The number of rotatable bonds is 5. The molecule has 22 heavy (non-hydrogen) atoms. The largest absolute Gasteiger partial charge is 0.380 e. The summed E-state index contributed by atoms with van der Waals surface area (Å²) in [7, 11) is 1.41. The second kappa shape index (κ2) is 6.71. The summed E-state index contributed by atoms with van der Waals surface area (Å²) < 4.78 is 31.9. The maximum absolute atomic E-state index is 12.6. The summed E-state index contributed by atoms with van der Waals surface area (Å²) in [5.74, 6) is 0. The van der Waals surface area contributed by atoms with E-state index in [1.54, 1.807) is 7.11 Å². The van der Waals surface area contributed by atoms with Crippen LogP contribution < -0.4 is 0 Å². The first-order chi connectivity index (χ1) is 10.4. The van der Waals surface area contributed by atoms with Crippen molar-refractivity contribution in [1.82, 2.24) is 14.2 Å². The lowest BCUT2D eigenvalue weighted by Gasteiger charge is -2.25. The Balaban J connectivity index is 2.18. The molecular weight excluding hydrogens is 304 g/mol. The van der Waals surface area contributed by atoms with Gasteiger partial charge in [0.15, 0.2) is 5.69 Å². The zero-order chi connectivity index (χ0) is 16.3. The molecule has 2 heterocycles. The third-order valence-corrected chi connectivity index (χ3v) is 5.87. The number of pyridine rings is 1. The van der Waals surface area contributed by atoms with Crippen molar-refractivity contribution < 1.29 is 13.2 Å². The van der Waals surface area contributed by atoms with E-state index < -0.39 is 10.0 Å². The molecule has 8 heteroatoms. The molecule has 0 radical (unpaired) electrons. The van der Waals surface area contributed by atoms with Crippen LogP contribution in [0, 0.1) is 11.3 Å². The van der Waals surface area contributed by atoms with Gasteiger partial charge in [0, 0.05) is 39.5 Å². The maximum Gasteiger partial charge on any atom is 0.245 e. The number of hydrogen-bond acceptors (Lipinski definition) is 6. The van der Waals surface area contributed by atoms with Crippen molar-refractivity contribution in [3.8, 4) is 6.07 Å². The fourth-order valence-electron chi connectivity index (χ4n) is 2.66. The quantitative estimate of drug-likeness (QED) is 0.774. The molecule has 1 fully saturated rings. The number of nitriles is 1. The number of likely N-dealkylation sites (tertiary alicyclic amines) is 1. The van der Waals surface area contributed by atoms with Crippen molar-refractivity contribution in [1.29, 1.82) is 5.26 Å². The highest BCUT2D eigenvalue weighted by molar-refractivity contribution is 7.89. The van der Waals surface area contributed by atoms with E-state index in [2.05, 4.69) is 9.88 Å². The van der Waals surface area contributed by atoms with Crippen molar-refractivity contribution in [2.45, 2.75) is 23.5 Å². The summed E-state index contributed by atoms with van der Waals surface area (Å²) in [5.41, 5.74) is -0.0797. The van der Waals surface area contributed by atoms with E-state index in [9.17, 15) is 8.42 Å². The Bertz CT molecular complexity index is 671. The fourth-order valence-corrected chi connectivity index (χ4v) is 3.96. The second-order valence-electron chi connectivity index (χ2n) is 5.43. The summed E-state index contributed by atoms with van der Waals surface area (Å²) in [6.07, 6.45) is 2.32. The van der Waals surface area contributed by atoms with Crippen LogP contribution in [0.15, 0.2) is 23.2 Å².